The SMILES string of the molecule is C=CCN(C(=O)c1cc2c(C)nn(CC(C)C)c2s1)c1nc2c(s1)CCCC2. The van der Waals surface area contributed by atoms with Gasteiger partial charge in [-0.25, -0.2) is 4.98 Å². The first-order chi connectivity index (χ1) is 13.5. The minimum atomic E-state index is 0.00249. The van der Waals surface area contributed by atoms with Gasteiger partial charge >= 0.3 is 0 Å². The summed E-state index contributed by atoms with van der Waals surface area (Å²) in [6.45, 7) is 11.5. The van der Waals surface area contributed by atoms with E-state index < -0.39 is 0 Å². The second-order valence-electron chi connectivity index (χ2n) is 7.77. The van der Waals surface area contributed by atoms with Crippen molar-refractivity contribution in [2.45, 2.75) is 53.0 Å². The van der Waals surface area contributed by atoms with E-state index in [0.29, 0.717) is 12.5 Å². The molecule has 3 aromatic heterocycles. The molecule has 0 bridgehead atoms. The lowest BCUT2D eigenvalue weighted by Gasteiger charge is -2.17. The Morgan fingerprint density at radius 3 is 2.86 bits per heavy atom. The fraction of sp³-hybridized carbons (Fsp3) is 0.476. The van der Waals surface area contributed by atoms with Crippen molar-refractivity contribution in [3.63, 3.8) is 0 Å². The Kier molecular flexibility index (Phi) is 5.38. The first-order valence-corrected chi connectivity index (χ1v) is 11.5. The van der Waals surface area contributed by atoms with Crippen molar-refractivity contribution in [1.29, 1.82) is 0 Å². The van der Waals surface area contributed by atoms with Crippen molar-refractivity contribution in [3.05, 3.63) is 39.9 Å². The Morgan fingerprint density at radius 2 is 2.14 bits per heavy atom. The van der Waals surface area contributed by atoms with E-state index in [9.17, 15) is 4.79 Å². The standard InChI is InChI=1S/C21H26N4OS2/c1-5-10-24(21-22-16-8-6-7-9-17(16)28-21)19(26)18-11-15-14(4)23-25(12-13(2)3)20(15)27-18/h5,11,13H,1,6-10,12H2,2-4H3. The Bertz CT molecular complexity index is 1000. The Hall–Kier alpha value is -1.99. The molecule has 0 saturated carbocycles. The highest BCUT2D eigenvalue weighted by Crippen LogP contribution is 2.34. The summed E-state index contributed by atoms with van der Waals surface area (Å²) in [4.78, 5) is 23.1. The van der Waals surface area contributed by atoms with E-state index in [-0.39, 0.29) is 5.91 Å². The van der Waals surface area contributed by atoms with Crippen molar-refractivity contribution in [3.8, 4) is 0 Å². The summed E-state index contributed by atoms with van der Waals surface area (Å²) in [5.74, 6) is 0.505. The van der Waals surface area contributed by atoms with Crippen molar-refractivity contribution in [2.75, 3.05) is 11.4 Å². The largest absolute Gasteiger partial charge is 0.279 e. The fourth-order valence-corrected chi connectivity index (χ4v) is 5.93. The fourth-order valence-electron chi connectivity index (χ4n) is 3.65. The molecular weight excluding hydrogens is 388 g/mol. The molecule has 1 amide bonds. The normalized spacial score (nSPS) is 13.9. The van der Waals surface area contributed by atoms with Crippen LogP contribution in [0.2, 0.25) is 0 Å². The number of aromatic nitrogens is 3. The quantitative estimate of drug-likeness (QED) is 0.519. The average molecular weight is 415 g/mol. The van der Waals surface area contributed by atoms with Crippen LogP contribution in [-0.2, 0) is 19.4 Å². The van der Waals surface area contributed by atoms with Crippen molar-refractivity contribution in [1.82, 2.24) is 14.8 Å². The van der Waals surface area contributed by atoms with Crippen LogP contribution in [0, 0.1) is 12.8 Å². The number of aryl methyl sites for hydroxylation is 3. The van der Waals surface area contributed by atoms with Gasteiger partial charge in [0.25, 0.3) is 5.91 Å². The highest BCUT2D eigenvalue weighted by molar-refractivity contribution is 7.20. The predicted octanol–water partition coefficient (Wildman–Crippen LogP) is 5.23. The monoisotopic (exact) mass is 414 g/mol. The van der Waals surface area contributed by atoms with Gasteiger partial charge < -0.3 is 0 Å². The summed E-state index contributed by atoms with van der Waals surface area (Å²) >= 11 is 3.19. The molecule has 148 valence electrons. The molecule has 0 atom stereocenters. The molecule has 0 N–H and O–H groups in total. The minimum Gasteiger partial charge on any atom is -0.279 e. The molecule has 3 heterocycles. The van der Waals surface area contributed by atoms with Gasteiger partial charge in [-0.2, -0.15) is 5.10 Å². The van der Waals surface area contributed by atoms with Gasteiger partial charge in [0.15, 0.2) is 5.13 Å². The third-order valence-corrected chi connectivity index (χ3v) is 7.30. The molecular formula is C21H26N4OS2. The van der Waals surface area contributed by atoms with E-state index in [1.807, 2.05) is 17.7 Å². The summed E-state index contributed by atoms with van der Waals surface area (Å²) in [5, 5.41) is 6.53. The van der Waals surface area contributed by atoms with E-state index in [1.54, 1.807) is 22.3 Å². The molecule has 1 aliphatic rings. The summed E-state index contributed by atoms with van der Waals surface area (Å²) in [6, 6.07) is 1.99. The second kappa shape index (κ2) is 7.79. The topological polar surface area (TPSA) is 51.0 Å². The molecule has 0 unspecified atom stereocenters. The number of thiophene rings is 1. The van der Waals surface area contributed by atoms with Crippen molar-refractivity contribution in [2.24, 2.45) is 5.92 Å². The molecule has 3 aromatic rings. The Morgan fingerprint density at radius 1 is 1.36 bits per heavy atom. The van der Waals surface area contributed by atoms with Gasteiger partial charge in [0.05, 0.1) is 16.3 Å². The lowest BCUT2D eigenvalue weighted by Crippen LogP contribution is -2.30. The smallest absolute Gasteiger partial charge is 0.270 e. The maximum Gasteiger partial charge on any atom is 0.270 e. The maximum atomic E-state index is 13.4. The molecule has 0 radical (unpaired) electrons. The Labute approximate surface area is 173 Å². The van der Waals surface area contributed by atoms with E-state index in [2.05, 4.69) is 25.5 Å². The number of thiazole rings is 1. The maximum absolute atomic E-state index is 13.4. The van der Waals surface area contributed by atoms with E-state index in [0.717, 1.165) is 45.3 Å². The minimum absolute atomic E-state index is 0.00249. The number of hydrogen-bond donors (Lipinski definition) is 0. The van der Waals surface area contributed by atoms with Gasteiger partial charge in [-0.3, -0.25) is 14.4 Å². The molecule has 0 aliphatic heterocycles. The van der Waals surface area contributed by atoms with Gasteiger partial charge in [-0.05, 0) is 44.6 Å². The van der Waals surface area contributed by atoms with Gasteiger partial charge in [0.2, 0.25) is 0 Å². The molecule has 0 fully saturated rings. The number of fused-ring (bicyclic) bond motifs is 2. The van der Waals surface area contributed by atoms with Crippen LogP contribution in [0.5, 0.6) is 0 Å². The number of rotatable bonds is 6. The van der Waals surface area contributed by atoms with E-state index in [4.69, 9.17) is 4.98 Å². The van der Waals surface area contributed by atoms with Crippen LogP contribution in [-0.4, -0.2) is 27.2 Å². The zero-order valence-corrected chi connectivity index (χ0v) is 18.3. The molecule has 0 aromatic carbocycles. The van der Waals surface area contributed by atoms with Gasteiger partial charge in [0.1, 0.15) is 4.83 Å². The summed E-state index contributed by atoms with van der Waals surface area (Å²) in [7, 11) is 0. The predicted molar refractivity (Wildman–Crippen MR) is 118 cm³/mol. The number of hydrogen-bond acceptors (Lipinski definition) is 5. The van der Waals surface area contributed by atoms with E-state index >= 15 is 0 Å². The van der Waals surface area contributed by atoms with Gasteiger partial charge in [-0.15, -0.1) is 29.3 Å². The number of anilines is 1. The van der Waals surface area contributed by atoms with Crippen LogP contribution in [0.3, 0.4) is 0 Å². The third kappa shape index (κ3) is 3.53. The third-order valence-electron chi connectivity index (χ3n) is 4.98. The summed E-state index contributed by atoms with van der Waals surface area (Å²) in [6.07, 6.45) is 6.28. The number of nitrogens with zero attached hydrogens (tertiary/aromatic N) is 4. The lowest BCUT2D eigenvalue weighted by atomic mass is 10.0. The first-order valence-electron chi connectivity index (χ1n) is 9.86. The first kappa shape index (κ1) is 19.3. The lowest BCUT2D eigenvalue weighted by molar-refractivity contribution is 0.0993. The van der Waals surface area contributed by atoms with E-state index in [1.165, 1.54) is 34.7 Å². The number of carbonyl (C=O) groups excluding carboxylic acids is 1. The molecule has 0 spiro atoms. The zero-order valence-electron chi connectivity index (χ0n) is 16.7. The Balaban J connectivity index is 1.69. The number of carbonyl (C=O) groups is 1. The number of amides is 1. The molecule has 28 heavy (non-hydrogen) atoms. The van der Waals surface area contributed by atoms with Gasteiger partial charge in [-0.1, -0.05) is 19.9 Å². The average Bonchev–Trinajstić information content (AvgIpc) is 3.34. The molecule has 1 aliphatic carbocycles. The highest BCUT2D eigenvalue weighted by atomic mass is 32.1. The molecule has 4 rings (SSSR count). The second-order valence-corrected chi connectivity index (χ2v) is 9.86. The van der Waals surface area contributed by atoms with Crippen LogP contribution >= 0.6 is 22.7 Å². The van der Waals surface area contributed by atoms with Crippen LogP contribution < -0.4 is 4.90 Å². The molecule has 5 nitrogen and oxygen atoms in total. The summed E-state index contributed by atoms with van der Waals surface area (Å²) in [5.41, 5.74) is 2.15. The molecule has 7 heteroatoms. The van der Waals surface area contributed by atoms with Crippen molar-refractivity contribution < 1.29 is 4.79 Å². The van der Waals surface area contributed by atoms with Crippen LogP contribution in [0.15, 0.2) is 18.7 Å². The zero-order chi connectivity index (χ0) is 19.8. The van der Waals surface area contributed by atoms with Gasteiger partial charge in [0, 0.05) is 23.4 Å². The van der Waals surface area contributed by atoms with Crippen LogP contribution in [0.1, 0.15) is 52.6 Å². The van der Waals surface area contributed by atoms with Crippen LogP contribution in [0.4, 0.5) is 5.13 Å². The molecule has 0 saturated heterocycles. The van der Waals surface area contributed by atoms with Crippen LogP contribution in [0.25, 0.3) is 10.2 Å². The highest BCUT2D eigenvalue weighted by Gasteiger charge is 2.26. The van der Waals surface area contributed by atoms with Crippen molar-refractivity contribution >= 4 is 43.9 Å². The summed E-state index contributed by atoms with van der Waals surface area (Å²) < 4.78 is 2.04.